The van der Waals surface area contributed by atoms with E-state index in [0.717, 1.165) is 5.56 Å². The standard InChI is InChI=1S/C20H18ClN3O3/c1-13-16(18(21)24(23-13)12-14-8-4-2-5-9-14)20(26)27-17(19(22)25)15-10-6-3-7-11-15/h2-11,17H,12H2,1H3,(H2,22,25). The Morgan fingerprint density at radius 3 is 2.30 bits per heavy atom. The number of hydrogen-bond donors (Lipinski definition) is 1. The average molecular weight is 384 g/mol. The van der Waals surface area contributed by atoms with E-state index >= 15 is 0 Å². The van der Waals surface area contributed by atoms with Gasteiger partial charge in [-0.15, -0.1) is 0 Å². The van der Waals surface area contributed by atoms with Crippen LogP contribution in [0.4, 0.5) is 0 Å². The van der Waals surface area contributed by atoms with Crippen molar-refractivity contribution in [3.05, 3.63) is 88.2 Å². The SMILES string of the molecule is Cc1nn(Cc2ccccc2)c(Cl)c1C(=O)OC(C(N)=O)c1ccccc1. The predicted octanol–water partition coefficient (Wildman–Crippen LogP) is 3.28. The van der Waals surface area contributed by atoms with Gasteiger partial charge in [-0.3, -0.25) is 4.79 Å². The number of rotatable bonds is 6. The van der Waals surface area contributed by atoms with E-state index in [1.807, 2.05) is 30.3 Å². The molecule has 1 atom stereocenters. The zero-order valence-corrected chi connectivity index (χ0v) is 15.4. The molecular formula is C20H18ClN3O3. The number of carbonyl (C=O) groups is 2. The molecule has 1 heterocycles. The van der Waals surface area contributed by atoms with Gasteiger partial charge in [-0.1, -0.05) is 72.3 Å². The van der Waals surface area contributed by atoms with Crippen molar-refractivity contribution < 1.29 is 14.3 Å². The van der Waals surface area contributed by atoms with Crippen LogP contribution in [0.3, 0.4) is 0 Å². The quantitative estimate of drug-likeness (QED) is 0.662. The summed E-state index contributed by atoms with van der Waals surface area (Å²) in [6, 6.07) is 18.2. The summed E-state index contributed by atoms with van der Waals surface area (Å²) in [7, 11) is 0. The van der Waals surface area contributed by atoms with Crippen LogP contribution in [-0.4, -0.2) is 21.7 Å². The van der Waals surface area contributed by atoms with Crippen LogP contribution in [0.5, 0.6) is 0 Å². The first-order chi connectivity index (χ1) is 13.0. The van der Waals surface area contributed by atoms with Crippen LogP contribution < -0.4 is 5.73 Å². The van der Waals surface area contributed by atoms with Gasteiger partial charge in [0.15, 0.2) is 0 Å². The van der Waals surface area contributed by atoms with E-state index in [0.29, 0.717) is 17.8 Å². The molecule has 0 spiro atoms. The Balaban J connectivity index is 1.85. The Kier molecular flexibility index (Phi) is 5.57. The van der Waals surface area contributed by atoms with Crippen LogP contribution in [-0.2, 0) is 16.1 Å². The number of hydrogen-bond acceptors (Lipinski definition) is 4. The molecule has 3 rings (SSSR count). The molecule has 1 amide bonds. The Hall–Kier alpha value is -3.12. The minimum absolute atomic E-state index is 0.120. The first-order valence-electron chi connectivity index (χ1n) is 8.29. The van der Waals surface area contributed by atoms with Crippen molar-refractivity contribution >= 4 is 23.5 Å². The molecule has 0 radical (unpaired) electrons. The summed E-state index contributed by atoms with van der Waals surface area (Å²) >= 11 is 6.37. The summed E-state index contributed by atoms with van der Waals surface area (Å²) in [5.41, 5.74) is 7.42. The Morgan fingerprint density at radius 2 is 1.70 bits per heavy atom. The van der Waals surface area contributed by atoms with Gasteiger partial charge in [-0.2, -0.15) is 5.10 Å². The molecule has 0 fully saturated rings. The lowest BCUT2D eigenvalue weighted by Gasteiger charge is -2.15. The maximum atomic E-state index is 12.7. The highest BCUT2D eigenvalue weighted by Gasteiger charge is 2.28. The van der Waals surface area contributed by atoms with Gasteiger partial charge in [-0.25, -0.2) is 9.48 Å². The van der Waals surface area contributed by atoms with Crippen molar-refractivity contribution in [1.29, 1.82) is 0 Å². The molecule has 0 aliphatic rings. The highest BCUT2D eigenvalue weighted by Crippen LogP contribution is 2.25. The Labute approximate surface area is 161 Å². The van der Waals surface area contributed by atoms with Crippen molar-refractivity contribution in [2.24, 2.45) is 5.73 Å². The van der Waals surface area contributed by atoms with Gasteiger partial charge in [0.25, 0.3) is 5.91 Å². The van der Waals surface area contributed by atoms with E-state index in [1.54, 1.807) is 37.3 Å². The molecule has 138 valence electrons. The first-order valence-corrected chi connectivity index (χ1v) is 8.67. The minimum atomic E-state index is -1.20. The molecule has 6 nitrogen and oxygen atoms in total. The number of nitrogens with two attached hydrogens (primary N) is 1. The Bertz CT molecular complexity index is 955. The fraction of sp³-hybridized carbons (Fsp3) is 0.150. The predicted molar refractivity (Wildman–Crippen MR) is 101 cm³/mol. The number of aryl methyl sites for hydroxylation is 1. The number of nitrogens with zero attached hydrogens (tertiary/aromatic N) is 2. The molecular weight excluding hydrogens is 366 g/mol. The average Bonchev–Trinajstić information content (AvgIpc) is 2.94. The maximum absolute atomic E-state index is 12.7. The normalized spacial score (nSPS) is 11.8. The highest BCUT2D eigenvalue weighted by molar-refractivity contribution is 6.32. The lowest BCUT2D eigenvalue weighted by Crippen LogP contribution is -2.26. The van der Waals surface area contributed by atoms with Gasteiger partial charge in [0.1, 0.15) is 10.7 Å². The molecule has 1 aromatic heterocycles. The fourth-order valence-electron chi connectivity index (χ4n) is 2.73. The molecule has 0 bridgehead atoms. The molecule has 0 saturated heterocycles. The van der Waals surface area contributed by atoms with E-state index in [1.165, 1.54) is 4.68 Å². The topological polar surface area (TPSA) is 87.2 Å². The van der Waals surface area contributed by atoms with Gasteiger partial charge in [0.2, 0.25) is 6.10 Å². The van der Waals surface area contributed by atoms with Crippen LogP contribution >= 0.6 is 11.6 Å². The number of esters is 1. The third-order valence-electron chi connectivity index (χ3n) is 4.03. The van der Waals surface area contributed by atoms with Gasteiger partial charge >= 0.3 is 5.97 Å². The highest BCUT2D eigenvalue weighted by atomic mass is 35.5. The van der Waals surface area contributed by atoms with Gasteiger partial charge in [0, 0.05) is 5.56 Å². The van der Waals surface area contributed by atoms with E-state index < -0.39 is 18.0 Å². The van der Waals surface area contributed by atoms with Gasteiger partial charge in [-0.05, 0) is 12.5 Å². The summed E-state index contributed by atoms with van der Waals surface area (Å²) in [5.74, 6) is -1.51. The number of ether oxygens (including phenoxy) is 1. The summed E-state index contributed by atoms with van der Waals surface area (Å²) in [6.45, 7) is 2.07. The molecule has 3 aromatic rings. The second-order valence-electron chi connectivity index (χ2n) is 5.99. The third-order valence-corrected chi connectivity index (χ3v) is 4.41. The zero-order chi connectivity index (χ0) is 19.4. The molecule has 2 N–H and O–H groups in total. The molecule has 0 saturated carbocycles. The maximum Gasteiger partial charge on any atom is 0.344 e. The molecule has 0 aliphatic carbocycles. The van der Waals surface area contributed by atoms with Gasteiger partial charge in [0.05, 0.1) is 12.2 Å². The van der Waals surface area contributed by atoms with Crippen LogP contribution in [0.1, 0.15) is 33.3 Å². The van der Waals surface area contributed by atoms with Crippen molar-refractivity contribution in [1.82, 2.24) is 9.78 Å². The second-order valence-corrected chi connectivity index (χ2v) is 6.35. The number of amides is 1. The minimum Gasteiger partial charge on any atom is -0.444 e. The molecule has 2 aromatic carbocycles. The third kappa shape index (κ3) is 4.17. The van der Waals surface area contributed by atoms with Crippen LogP contribution in [0.25, 0.3) is 0 Å². The zero-order valence-electron chi connectivity index (χ0n) is 14.6. The molecule has 27 heavy (non-hydrogen) atoms. The van der Waals surface area contributed by atoms with E-state index in [9.17, 15) is 9.59 Å². The number of aromatic nitrogens is 2. The summed E-state index contributed by atoms with van der Waals surface area (Å²) in [5, 5.41) is 4.47. The van der Waals surface area contributed by atoms with Crippen molar-refractivity contribution in [3.8, 4) is 0 Å². The van der Waals surface area contributed by atoms with Gasteiger partial charge < -0.3 is 10.5 Å². The van der Waals surface area contributed by atoms with Crippen LogP contribution in [0, 0.1) is 6.92 Å². The number of primary amides is 1. The number of carbonyl (C=O) groups excluding carboxylic acids is 2. The lowest BCUT2D eigenvalue weighted by molar-refractivity contribution is -0.127. The molecule has 0 aliphatic heterocycles. The fourth-order valence-corrected chi connectivity index (χ4v) is 3.04. The smallest absolute Gasteiger partial charge is 0.344 e. The number of benzene rings is 2. The summed E-state index contributed by atoms with van der Waals surface area (Å²) < 4.78 is 6.88. The summed E-state index contributed by atoms with van der Waals surface area (Å²) in [4.78, 5) is 24.4. The largest absolute Gasteiger partial charge is 0.444 e. The number of halogens is 1. The van der Waals surface area contributed by atoms with Crippen molar-refractivity contribution in [2.75, 3.05) is 0 Å². The van der Waals surface area contributed by atoms with E-state index in [-0.39, 0.29) is 10.7 Å². The van der Waals surface area contributed by atoms with Crippen LogP contribution in [0.2, 0.25) is 5.15 Å². The lowest BCUT2D eigenvalue weighted by atomic mass is 10.1. The van der Waals surface area contributed by atoms with Crippen molar-refractivity contribution in [2.45, 2.75) is 19.6 Å². The summed E-state index contributed by atoms with van der Waals surface area (Å²) in [6.07, 6.45) is -1.20. The second kappa shape index (κ2) is 8.05. The first kappa shape index (κ1) is 18.7. The molecule has 1 unspecified atom stereocenters. The monoisotopic (exact) mass is 383 g/mol. The van der Waals surface area contributed by atoms with Crippen LogP contribution in [0.15, 0.2) is 60.7 Å². The van der Waals surface area contributed by atoms with E-state index in [2.05, 4.69) is 5.10 Å². The van der Waals surface area contributed by atoms with E-state index in [4.69, 9.17) is 22.1 Å². The Morgan fingerprint density at radius 1 is 1.11 bits per heavy atom. The molecule has 7 heteroatoms. The van der Waals surface area contributed by atoms with Crippen molar-refractivity contribution in [3.63, 3.8) is 0 Å².